The van der Waals surface area contributed by atoms with Gasteiger partial charge >= 0.3 is 6.36 Å². The first-order chi connectivity index (χ1) is 10.3. The van der Waals surface area contributed by atoms with Crippen LogP contribution in [-0.4, -0.2) is 26.1 Å². The Labute approximate surface area is 122 Å². The number of aryl methyl sites for hydroxylation is 1. The van der Waals surface area contributed by atoms with Crippen molar-refractivity contribution in [2.45, 2.75) is 6.36 Å². The molecule has 1 aromatic carbocycles. The van der Waals surface area contributed by atoms with Crippen molar-refractivity contribution in [2.24, 2.45) is 7.05 Å². The van der Waals surface area contributed by atoms with Crippen molar-refractivity contribution in [3.63, 3.8) is 0 Å². The molecule has 3 aromatic rings. The number of hydrogen-bond acceptors (Lipinski definition) is 5. The van der Waals surface area contributed by atoms with E-state index in [1.807, 2.05) is 0 Å². The van der Waals surface area contributed by atoms with Crippen LogP contribution < -0.4 is 10.5 Å². The second-order valence-electron chi connectivity index (χ2n) is 4.51. The van der Waals surface area contributed by atoms with Crippen molar-refractivity contribution in [1.29, 1.82) is 0 Å². The zero-order valence-corrected chi connectivity index (χ0v) is 11.3. The second kappa shape index (κ2) is 4.86. The summed E-state index contributed by atoms with van der Waals surface area (Å²) >= 11 is 0. The van der Waals surface area contributed by atoms with Crippen molar-refractivity contribution in [3.05, 3.63) is 30.6 Å². The minimum Gasteiger partial charge on any atom is -0.406 e. The molecule has 0 spiro atoms. The molecule has 114 valence electrons. The Balaban J connectivity index is 2.16. The zero-order chi connectivity index (χ0) is 15.9. The summed E-state index contributed by atoms with van der Waals surface area (Å²) in [7, 11) is 1.65. The summed E-state index contributed by atoms with van der Waals surface area (Å²) in [5.41, 5.74) is 7.18. The minimum atomic E-state index is -4.75. The minimum absolute atomic E-state index is 0.204. The van der Waals surface area contributed by atoms with Crippen LogP contribution >= 0.6 is 0 Å². The van der Waals surface area contributed by atoms with E-state index in [-0.39, 0.29) is 11.6 Å². The van der Waals surface area contributed by atoms with Crippen LogP contribution in [0.25, 0.3) is 22.3 Å². The quantitative estimate of drug-likeness (QED) is 0.787. The summed E-state index contributed by atoms with van der Waals surface area (Å²) in [5.74, 6) is -0.120. The van der Waals surface area contributed by atoms with Gasteiger partial charge in [0.1, 0.15) is 17.9 Å². The molecule has 2 aromatic heterocycles. The molecule has 0 atom stereocenters. The molecule has 9 heteroatoms. The number of halogens is 3. The van der Waals surface area contributed by atoms with Crippen LogP contribution in [0.15, 0.2) is 30.6 Å². The Kier molecular flexibility index (Phi) is 3.12. The maximum atomic E-state index is 12.3. The molecular weight excluding hydrogens is 299 g/mol. The van der Waals surface area contributed by atoms with Crippen molar-refractivity contribution in [2.75, 3.05) is 5.73 Å². The van der Waals surface area contributed by atoms with Gasteiger partial charge in [-0.25, -0.2) is 9.97 Å². The molecule has 0 aliphatic heterocycles. The standard InChI is InChI=1S/C13H10F3N5O/c1-21-10(9-11(17)18-6-19-12(9)20-21)7-3-2-4-8(5-7)22-13(14,15)16/h2-6H,1H3,(H2,17,18,19,20). The van der Waals surface area contributed by atoms with Gasteiger partial charge in [-0.2, -0.15) is 5.10 Å². The Morgan fingerprint density at radius 2 is 2.00 bits per heavy atom. The van der Waals surface area contributed by atoms with Crippen LogP contribution in [0.5, 0.6) is 5.75 Å². The lowest BCUT2D eigenvalue weighted by molar-refractivity contribution is -0.274. The van der Waals surface area contributed by atoms with Crippen LogP contribution in [0.2, 0.25) is 0 Å². The first-order valence-electron chi connectivity index (χ1n) is 6.14. The van der Waals surface area contributed by atoms with Gasteiger partial charge in [-0.3, -0.25) is 4.68 Å². The number of alkyl halides is 3. The third kappa shape index (κ3) is 2.52. The molecule has 2 heterocycles. The Morgan fingerprint density at radius 3 is 2.73 bits per heavy atom. The number of aromatic nitrogens is 4. The van der Waals surface area contributed by atoms with Crippen molar-refractivity contribution < 1.29 is 17.9 Å². The number of anilines is 1. The fraction of sp³-hybridized carbons (Fsp3) is 0.154. The Bertz CT molecular complexity index is 843. The number of nitrogens with two attached hydrogens (primary N) is 1. The number of ether oxygens (including phenoxy) is 1. The molecule has 0 saturated carbocycles. The van der Waals surface area contributed by atoms with Gasteiger partial charge in [0.25, 0.3) is 0 Å². The van der Waals surface area contributed by atoms with Gasteiger partial charge in [0.05, 0.1) is 11.1 Å². The number of fused-ring (bicyclic) bond motifs is 1. The van der Waals surface area contributed by atoms with E-state index >= 15 is 0 Å². The Hall–Kier alpha value is -2.84. The van der Waals surface area contributed by atoms with Crippen LogP contribution in [0, 0.1) is 0 Å². The molecule has 22 heavy (non-hydrogen) atoms. The van der Waals surface area contributed by atoms with Crippen LogP contribution in [0.1, 0.15) is 0 Å². The normalized spacial score (nSPS) is 11.8. The summed E-state index contributed by atoms with van der Waals surface area (Å²) in [6.45, 7) is 0. The highest BCUT2D eigenvalue weighted by Crippen LogP contribution is 2.33. The van der Waals surface area contributed by atoms with Crippen molar-refractivity contribution in [3.8, 4) is 17.0 Å². The second-order valence-corrected chi connectivity index (χ2v) is 4.51. The van der Waals surface area contributed by atoms with E-state index in [4.69, 9.17) is 5.73 Å². The first kappa shape index (κ1) is 14.1. The van der Waals surface area contributed by atoms with Gasteiger partial charge in [-0.1, -0.05) is 12.1 Å². The molecule has 0 amide bonds. The number of nitrogen functional groups attached to an aromatic ring is 1. The van der Waals surface area contributed by atoms with Gasteiger partial charge in [0.2, 0.25) is 0 Å². The first-order valence-corrected chi connectivity index (χ1v) is 6.14. The maximum absolute atomic E-state index is 12.3. The van der Waals surface area contributed by atoms with E-state index in [9.17, 15) is 13.2 Å². The van der Waals surface area contributed by atoms with E-state index < -0.39 is 6.36 Å². The largest absolute Gasteiger partial charge is 0.573 e. The molecule has 0 bridgehead atoms. The SMILES string of the molecule is Cn1nc2ncnc(N)c2c1-c1cccc(OC(F)(F)F)c1. The van der Waals surface area contributed by atoms with Gasteiger partial charge in [-0.05, 0) is 12.1 Å². The van der Waals surface area contributed by atoms with E-state index in [1.165, 1.54) is 29.2 Å². The lowest BCUT2D eigenvalue weighted by atomic mass is 10.1. The van der Waals surface area contributed by atoms with E-state index in [1.54, 1.807) is 13.1 Å². The molecule has 0 fully saturated rings. The van der Waals surface area contributed by atoms with E-state index in [2.05, 4.69) is 19.8 Å². The molecule has 6 nitrogen and oxygen atoms in total. The topological polar surface area (TPSA) is 78.9 Å². The Morgan fingerprint density at radius 1 is 1.23 bits per heavy atom. The van der Waals surface area contributed by atoms with Gasteiger partial charge in [0, 0.05) is 12.6 Å². The molecule has 0 saturated heterocycles. The number of benzene rings is 1. The monoisotopic (exact) mass is 309 g/mol. The van der Waals surface area contributed by atoms with Crippen LogP contribution in [0.4, 0.5) is 19.0 Å². The number of nitrogens with zero attached hydrogens (tertiary/aromatic N) is 4. The van der Waals surface area contributed by atoms with Crippen LogP contribution in [0.3, 0.4) is 0 Å². The maximum Gasteiger partial charge on any atom is 0.573 e. The molecule has 0 aliphatic carbocycles. The predicted octanol–water partition coefficient (Wildman–Crippen LogP) is 2.51. The summed E-state index contributed by atoms with van der Waals surface area (Å²) in [4.78, 5) is 7.89. The summed E-state index contributed by atoms with van der Waals surface area (Å²) in [6, 6.07) is 5.56. The molecule has 0 aliphatic rings. The average molecular weight is 309 g/mol. The molecular formula is C13H10F3N5O. The summed E-state index contributed by atoms with van der Waals surface area (Å²) < 4.78 is 42.4. The van der Waals surface area contributed by atoms with Gasteiger partial charge in [-0.15, -0.1) is 13.2 Å². The van der Waals surface area contributed by atoms with E-state index in [0.717, 1.165) is 0 Å². The number of hydrogen-bond donors (Lipinski definition) is 1. The van der Waals surface area contributed by atoms with Crippen molar-refractivity contribution in [1.82, 2.24) is 19.7 Å². The van der Waals surface area contributed by atoms with Gasteiger partial charge in [0.15, 0.2) is 5.65 Å². The molecule has 0 radical (unpaired) electrons. The third-order valence-corrected chi connectivity index (χ3v) is 3.00. The van der Waals surface area contributed by atoms with Crippen LogP contribution in [-0.2, 0) is 7.05 Å². The highest BCUT2D eigenvalue weighted by Gasteiger charge is 2.31. The van der Waals surface area contributed by atoms with Crippen molar-refractivity contribution >= 4 is 16.9 Å². The molecule has 3 rings (SSSR count). The summed E-state index contributed by atoms with van der Waals surface area (Å²) in [5, 5.41) is 4.66. The zero-order valence-electron chi connectivity index (χ0n) is 11.3. The fourth-order valence-electron chi connectivity index (χ4n) is 2.22. The predicted molar refractivity (Wildman–Crippen MR) is 72.8 cm³/mol. The smallest absolute Gasteiger partial charge is 0.406 e. The highest BCUT2D eigenvalue weighted by molar-refractivity contribution is 5.98. The lowest BCUT2D eigenvalue weighted by Gasteiger charge is -2.10. The highest BCUT2D eigenvalue weighted by atomic mass is 19.4. The summed E-state index contributed by atoms with van der Waals surface area (Å²) in [6.07, 6.45) is -3.48. The van der Waals surface area contributed by atoms with E-state index in [0.29, 0.717) is 22.3 Å². The third-order valence-electron chi connectivity index (χ3n) is 3.00. The average Bonchev–Trinajstić information content (AvgIpc) is 2.74. The molecule has 0 unspecified atom stereocenters. The molecule has 2 N–H and O–H groups in total. The fourth-order valence-corrected chi connectivity index (χ4v) is 2.22. The van der Waals surface area contributed by atoms with Gasteiger partial charge < -0.3 is 10.5 Å². The lowest BCUT2D eigenvalue weighted by Crippen LogP contribution is -2.17. The number of rotatable bonds is 2.